The number of nitrogens with zero attached hydrogens (tertiary/aromatic N) is 4. The Morgan fingerprint density at radius 2 is 1.90 bits per heavy atom. The molecule has 0 aromatic carbocycles. The van der Waals surface area contributed by atoms with Crippen LogP contribution in [0.1, 0.15) is 64.8 Å². The number of piperidine rings is 2. The Bertz CT molecular complexity index is 858. The lowest BCUT2D eigenvalue weighted by Crippen LogP contribution is -2.40. The van der Waals surface area contributed by atoms with Crippen LogP contribution in [0.2, 0.25) is 0 Å². The number of likely N-dealkylation sites (tertiary alicyclic amines) is 2. The van der Waals surface area contributed by atoms with Gasteiger partial charge in [-0.15, -0.1) is 11.3 Å². The van der Waals surface area contributed by atoms with E-state index >= 15 is 0 Å². The number of rotatable bonds is 4. The molecule has 2 fully saturated rings. The highest BCUT2D eigenvalue weighted by molar-refractivity contribution is 7.09. The normalized spacial score (nSPS) is 20.0. The van der Waals surface area contributed by atoms with Gasteiger partial charge < -0.3 is 9.80 Å². The van der Waals surface area contributed by atoms with Gasteiger partial charge in [0.05, 0.1) is 22.7 Å². The largest absolute Gasteiger partial charge is 0.342 e. The zero-order chi connectivity index (χ0) is 20.2. The van der Waals surface area contributed by atoms with Gasteiger partial charge in [0, 0.05) is 49.4 Å². The molecule has 1 atom stereocenters. The van der Waals surface area contributed by atoms with Crippen molar-refractivity contribution in [3.8, 4) is 0 Å². The predicted molar refractivity (Wildman–Crippen MR) is 113 cm³/mol. The van der Waals surface area contributed by atoms with Gasteiger partial charge in [-0.25, -0.2) is 4.98 Å². The summed E-state index contributed by atoms with van der Waals surface area (Å²) < 4.78 is 0. The fourth-order valence-corrected chi connectivity index (χ4v) is 4.87. The minimum absolute atomic E-state index is 0.0859. The van der Waals surface area contributed by atoms with Gasteiger partial charge in [0.2, 0.25) is 5.91 Å². The quantitative estimate of drug-likeness (QED) is 0.772. The van der Waals surface area contributed by atoms with Gasteiger partial charge in [0.1, 0.15) is 0 Å². The molecule has 2 amide bonds. The minimum atomic E-state index is 0.0859. The van der Waals surface area contributed by atoms with Crippen molar-refractivity contribution < 1.29 is 9.59 Å². The van der Waals surface area contributed by atoms with Crippen molar-refractivity contribution in [1.29, 1.82) is 0 Å². The Balaban J connectivity index is 1.37. The third-order valence-electron chi connectivity index (χ3n) is 5.87. The molecule has 1 unspecified atom stereocenters. The highest BCUT2D eigenvalue weighted by Gasteiger charge is 2.26. The molecule has 2 aliphatic heterocycles. The second-order valence-electron chi connectivity index (χ2n) is 8.04. The SMILES string of the molecule is Cc1nc(CC(=O)N2CCCC(c3ccc(C(=O)N4CCCCC4)cn3)C2)cs1. The summed E-state index contributed by atoms with van der Waals surface area (Å²) in [7, 11) is 0. The van der Waals surface area contributed by atoms with Gasteiger partial charge in [-0.1, -0.05) is 0 Å². The van der Waals surface area contributed by atoms with E-state index in [1.54, 1.807) is 17.5 Å². The molecule has 0 radical (unpaired) electrons. The molecule has 0 saturated carbocycles. The van der Waals surface area contributed by atoms with Crippen LogP contribution in [0, 0.1) is 6.92 Å². The summed E-state index contributed by atoms with van der Waals surface area (Å²) in [6.45, 7) is 5.14. The molecule has 2 saturated heterocycles. The maximum absolute atomic E-state index is 12.7. The van der Waals surface area contributed by atoms with Gasteiger partial charge in [-0.05, 0) is 51.2 Å². The summed E-state index contributed by atoms with van der Waals surface area (Å²) in [6, 6.07) is 3.87. The molecule has 6 nitrogen and oxygen atoms in total. The number of carbonyl (C=O) groups is 2. The maximum Gasteiger partial charge on any atom is 0.255 e. The van der Waals surface area contributed by atoms with Gasteiger partial charge in [-0.3, -0.25) is 14.6 Å². The van der Waals surface area contributed by atoms with E-state index in [4.69, 9.17) is 0 Å². The van der Waals surface area contributed by atoms with E-state index in [0.29, 0.717) is 18.5 Å². The lowest BCUT2D eigenvalue weighted by Gasteiger charge is -2.32. The van der Waals surface area contributed by atoms with Crippen molar-refractivity contribution in [2.75, 3.05) is 26.2 Å². The van der Waals surface area contributed by atoms with E-state index in [1.165, 1.54) is 6.42 Å². The van der Waals surface area contributed by atoms with Crippen LogP contribution < -0.4 is 0 Å². The summed E-state index contributed by atoms with van der Waals surface area (Å²) in [6.07, 6.45) is 7.46. The molecule has 0 aliphatic carbocycles. The maximum atomic E-state index is 12.7. The van der Waals surface area contributed by atoms with Crippen molar-refractivity contribution in [1.82, 2.24) is 19.8 Å². The third kappa shape index (κ3) is 4.83. The minimum Gasteiger partial charge on any atom is -0.342 e. The van der Waals surface area contributed by atoms with Crippen LogP contribution in [-0.2, 0) is 11.2 Å². The average molecular weight is 413 g/mol. The molecule has 0 N–H and O–H groups in total. The number of aryl methyl sites for hydroxylation is 1. The average Bonchev–Trinajstić information content (AvgIpc) is 3.18. The molecule has 4 heterocycles. The molecule has 2 aliphatic rings. The van der Waals surface area contributed by atoms with E-state index in [9.17, 15) is 9.59 Å². The molecule has 0 bridgehead atoms. The van der Waals surface area contributed by atoms with Crippen LogP contribution >= 0.6 is 11.3 Å². The van der Waals surface area contributed by atoms with Crippen LogP contribution in [-0.4, -0.2) is 57.8 Å². The van der Waals surface area contributed by atoms with Gasteiger partial charge >= 0.3 is 0 Å². The highest BCUT2D eigenvalue weighted by Crippen LogP contribution is 2.26. The number of thiazole rings is 1. The lowest BCUT2D eigenvalue weighted by atomic mass is 9.93. The number of pyridine rings is 1. The first kappa shape index (κ1) is 20.0. The standard InChI is InChI=1S/C22H28N4O2S/c1-16-24-19(15-29-16)12-21(27)26-11-5-6-18(14-26)20-8-7-17(13-23-20)22(28)25-9-3-2-4-10-25/h7-8,13,15,18H,2-6,9-12,14H2,1H3. The van der Waals surface area contributed by atoms with Crippen molar-refractivity contribution in [3.63, 3.8) is 0 Å². The second kappa shape index (κ2) is 9.03. The monoisotopic (exact) mass is 412 g/mol. The van der Waals surface area contributed by atoms with E-state index in [0.717, 1.165) is 61.7 Å². The van der Waals surface area contributed by atoms with E-state index in [1.807, 2.05) is 34.2 Å². The smallest absolute Gasteiger partial charge is 0.255 e. The molecule has 0 spiro atoms. The fourth-order valence-electron chi connectivity index (χ4n) is 4.25. The molecular formula is C22H28N4O2S. The summed E-state index contributed by atoms with van der Waals surface area (Å²) in [5, 5.41) is 2.96. The first-order chi connectivity index (χ1) is 14.1. The lowest BCUT2D eigenvalue weighted by molar-refractivity contribution is -0.131. The van der Waals surface area contributed by atoms with Crippen molar-refractivity contribution in [2.24, 2.45) is 0 Å². The molecule has 2 aromatic heterocycles. The second-order valence-corrected chi connectivity index (χ2v) is 9.10. The first-order valence-corrected chi connectivity index (χ1v) is 11.4. The van der Waals surface area contributed by atoms with E-state index < -0.39 is 0 Å². The van der Waals surface area contributed by atoms with Crippen LogP contribution in [0.4, 0.5) is 0 Å². The Hall–Kier alpha value is -2.28. The van der Waals surface area contributed by atoms with Gasteiger partial charge in [0.25, 0.3) is 5.91 Å². The van der Waals surface area contributed by atoms with E-state index in [-0.39, 0.29) is 17.7 Å². The zero-order valence-electron chi connectivity index (χ0n) is 17.0. The van der Waals surface area contributed by atoms with Crippen LogP contribution in [0.5, 0.6) is 0 Å². The third-order valence-corrected chi connectivity index (χ3v) is 6.69. The highest BCUT2D eigenvalue weighted by atomic mass is 32.1. The topological polar surface area (TPSA) is 66.4 Å². The zero-order valence-corrected chi connectivity index (χ0v) is 17.8. The van der Waals surface area contributed by atoms with Crippen molar-refractivity contribution in [3.05, 3.63) is 45.7 Å². The van der Waals surface area contributed by atoms with Crippen molar-refractivity contribution in [2.45, 2.75) is 51.4 Å². The van der Waals surface area contributed by atoms with Crippen LogP contribution in [0.15, 0.2) is 23.7 Å². The molecular weight excluding hydrogens is 384 g/mol. The van der Waals surface area contributed by atoms with Gasteiger partial charge in [0.15, 0.2) is 0 Å². The number of hydrogen-bond donors (Lipinski definition) is 0. The van der Waals surface area contributed by atoms with Crippen molar-refractivity contribution >= 4 is 23.2 Å². The van der Waals surface area contributed by atoms with E-state index in [2.05, 4.69) is 9.97 Å². The Morgan fingerprint density at radius 3 is 2.59 bits per heavy atom. The Kier molecular flexibility index (Phi) is 6.23. The summed E-state index contributed by atoms with van der Waals surface area (Å²) in [5.74, 6) is 0.448. The predicted octanol–water partition coefficient (Wildman–Crippen LogP) is 3.42. The molecule has 154 valence electrons. The number of aromatic nitrogens is 2. The first-order valence-electron chi connectivity index (χ1n) is 10.5. The summed E-state index contributed by atoms with van der Waals surface area (Å²) in [4.78, 5) is 38.2. The molecule has 7 heteroatoms. The summed E-state index contributed by atoms with van der Waals surface area (Å²) in [5.41, 5.74) is 2.50. The Labute approximate surface area is 176 Å². The molecule has 4 rings (SSSR count). The Morgan fingerprint density at radius 1 is 1.10 bits per heavy atom. The number of hydrogen-bond acceptors (Lipinski definition) is 5. The molecule has 29 heavy (non-hydrogen) atoms. The fraction of sp³-hybridized carbons (Fsp3) is 0.545. The number of amides is 2. The summed E-state index contributed by atoms with van der Waals surface area (Å²) >= 11 is 1.58. The van der Waals surface area contributed by atoms with Crippen LogP contribution in [0.25, 0.3) is 0 Å². The van der Waals surface area contributed by atoms with Crippen LogP contribution in [0.3, 0.4) is 0 Å². The van der Waals surface area contributed by atoms with Gasteiger partial charge in [-0.2, -0.15) is 0 Å². The number of carbonyl (C=O) groups excluding carboxylic acids is 2. The molecule has 2 aromatic rings.